The van der Waals surface area contributed by atoms with Crippen molar-refractivity contribution in [3.05, 3.63) is 34.4 Å². The van der Waals surface area contributed by atoms with E-state index < -0.39 is 46.4 Å². The van der Waals surface area contributed by atoms with Gasteiger partial charge in [0.1, 0.15) is 5.56 Å². The third-order valence-electron chi connectivity index (χ3n) is 3.10. The first-order valence-electron chi connectivity index (χ1n) is 5.66. The van der Waals surface area contributed by atoms with E-state index >= 15 is 0 Å². The number of carbonyl (C=O) groups is 1. The highest BCUT2D eigenvalue weighted by Gasteiger charge is 2.33. The van der Waals surface area contributed by atoms with Crippen molar-refractivity contribution in [1.29, 1.82) is 0 Å². The van der Waals surface area contributed by atoms with Gasteiger partial charge in [-0.25, -0.2) is 22.4 Å². The molecule has 0 amide bonds. The number of rotatable bonds is 2. The monoisotopic (exact) mass is 277 g/mol. The SMILES string of the molecule is COC(=O)c1c(F)c(F)c(C2CCCN2)c(F)c1F. The fourth-order valence-corrected chi connectivity index (χ4v) is 2.17. The lowest BCUT2D eigenvalue weighted by Gasteiger charge is -2.15. The third-order valence-corrected chi connectivity index (χ3v) is 3.10. The first-order chi connectivity index (χ1) is 8.99. The van der Waals surface area contributed by atoms with Gasteiger partial charge in [-0.2, -0.15) is 0 Å². The van der Waals surface area contributed by atoms with E-state index in [0.29, 0.717) is 19.4 Å². The summed E-state index contributed by atoms with van der Waals surface area (Å²) in [6, 6.07) is -0.796. The molecule has 1 aromatic carbocycles. The molecule has 19 heavy (non-hydrogen) atoms. The molecule has 1 saturated heterocycles. The molecule has 1 aromatic rings. The van der Waals surface area contributed by atoms with Crippen LogP contribution in [-0.4, -0.2) is 19.6 Å². The van der Waals surface area contributed by atoms with Crippen LogP contribution >= 0.6 is 0 Å². The first-order valence-corrected chi connectivity index (χ1v) is 5.66. The van der Waals surface area contributed by atoms with E-state index in [2.05, 4.69) is 10.1 Å². The topological polar surface area (TPSA) is 38.3 Å². The quantitative estimate of drug-likeness (QED) is 0.512. The van der Waals surface area contributed by atoms with Crippen LogP contribution in [0.1, 0.15) is 34.8 Å². The second kappa shape index (κ2) is 5.16. The molecular weight excluding hydrogens is 266 g/mol. The fraction of sp³-hybridized carbons (Fsp3) is 0.417. The minimum absolute atomic E-state index is 0.365. The fourth-order valence-electron chi connectivity index (χ4n) is 2.17. The van der Waals surface area contributed by atoms with Crippen LogP contribution in [0.3, 0.4) is 0 Å². The van der Waals surface area contributed by atoms with Crippen LogP contribution in [0, 0.1) is 23.3 Å². The lowest BCUT2D eigenvalue weighted by Crippen LogP contribution is -2.21. The van der Waals surface area contributed by atoms with Crippen molar-refractivity contribution in [2.24, 2.45) is 0 Å². The minimum atomic E-state index is -1.73. The summed E-state index contributed by atoms with van der Waals surface area (Å²) in [6.45, 7) is 0.505. The van der Waals surface area contributed by atoms with Crippen LogP contribution in [0.5, 0.6) is 0 Å². The number of halogens is 4. The summed E-state index contributed by atoms with van der Waals surface area (Å²) in [5.74, 6) is -8.03. The molecule has 1 aliphatic rings. The number of methoxy groups -OCH3 is 1. The van der Waals surface area contributed by atoms with Crippen LogP contribution in [0.25, 0.3) is 0 Å². The Kier molecular flexibility index (Phi) is 3.75. The molecule has 1 unspecified atom stereocenters. The zero-order valence-electron chi connectivity index (χ0n) is 10.0. The number of hydrogen-bond donors (Lipinski definition) is 1. The molecule has 1 heterocycles. The average Bonchev–Trinajstić information content (AvgIpc) is 2.90. The second-order valence-corrected chi connectivity index (χ2v) is 4.19. The van der Waals surface area contributed by atoms with E-state index in [1.807, 2.05) is 0 Å². The molecule has 0 aliphatic carbocycles. The summed E-state index contributed by atoms with van der Waals surface area (Å²) >= 11 is 0. The standard InChI is InChI=1S/C12H11F4NO2/c1-19-12(18)7-10(15)8(13)6(9(14)11(7)16)5-3-2-4-17-5/h5,17H,2-4H2,1H3. The van der Waals surface area contributed by atoms with Gasteiger partial charge < -0.3 is 10.1 Å². The number of esters is 1. The first kappa shape index (κ1) is 13.8. The Hall–Kier alpha value is -1.63. The molecule has 1 N–H and O–H groups in total. The maximum atomic E-state index is 13.8. The van der Waals surface area contributed by atoms with Gasteiger partial charge >= 0.3 is 5.97 Å². The maximum absolute atomic E-state index is 13.8. The van der Waals surface area contributed by atoms with E-state index in [0.717, 1.165) is 7.11 Å². The highest BCUT2D eigenvalue weighted by molar-refractivity contribution is 5.90. The minimum Gasteiger partial charge on any atom is -0.465 e. The third kappa shape index (κ3) is 2.18. The van der Waals surface area contributed by atoms with Crippen LogP contribution < -0.4 is 5.32 Å². The Morgan fingerprint density at radius 3 is 2.16 bits per heavy atom. The Balaban J connectivity index is 2.62. The van der Waals surface area contributed by atoms with E-state index in [9.17, 15) is 22.4 Å². The Labute approximate surface area is 106 Å². The lowest BCUT2D eigenvalue weighted by molar-refractivity contribution is 0.0586. The van der Waals surface area contributed by atoms with Crippen molar-refractivity contribution >= 4 is 5.97 Å². The second-order valence-electron chi connectivity index (χ2n) is 4.19. The van der Waals surface area contributed by atoms with Gasteiger partial charge in [-0.15, -0.1) is 0 Å². The van der Waals surface area contributed by atoms with E-state index in [1.54, 1.807) is 0 Å². The van der Waals surface area contributed by atoms with Gasteiger partial charge in [0.25, 0.3) is 0 Å². The summed E-state index contributed by atoms with van der Waals surface area (Å²) in [5.41, 5.74) is -2.06. The van der Waals surface area contributed by atoms with Crippen molar-refractivity contribution in [2.45, 2.75) is 18.9 Å². The summed E-state index contributed by atoms with van der Waals surface area (Å²) in [6.07, 6.45) is 1.01. The molecule has 7 heteroatoms. The van der Waals surface area contributed by atoms with Crippen LogP contribution in [0.15, 0.2) is 0 Å². The van der Waals surface area contributed by atoms with Crippen LogP contribution in [-0.2, 0) is 4.74 Å². The predicted octanol–water partition coefficient (Wildman–Crippen LogP) is 2.45. The molecule has 104 valence electrons. The summed E-state index contributed by atoms with van der Waals surface area (Å²) in [4.78, 5) is 11.1. The number of benzene rings is 1. The molecule has 0 saturated carbocycles. The molecule has 1 atom stereocenters. The van der Waals surface area contributed by atoms with Crippen molar-refractivity contribution in [2.75, 3.05) is 13.7 Å². The number of hydrogen-bond acceptors (Lipinski definition) is 3. The van der Waals surface area contributed by atoms with Crippen molar-refractivity contribution in [3.63, 3.8) is 0 Å². The Bertz CT molecular complexity index is 498. The van der Waals surface area contributed by atoms with Crippen molar-refractivity contribution in [3.8, 4) is 0 Å². The largest absolute Gasteiger partial charge is 0.465 e. The molecule has 0 bridgehead atoms. The average molecular weight is 277 g/mol. The van der Waals surface area contributed by atoms with E-state index in [-0.39, 0.29) is 0 Å². The summed E-state index contributed by atoms with van der Waals surface area (Å²) in [7, 11) is 0.865. The van der Waals surface area contributed by atoms with Gasteiger partial charge in [-0.05, 0) is 19.4 Å². The number of carbonyl (C=O) groups excluding carboxylic acids is 1. The lowest BCUT2D eigenvalue weighted by atomic mass is 10.0. The van der Waals surface area contributed by atoms with Crippen LogP contribution in [0.4, 0.5) is 17.6 Å². The highest BCUT2D eigenvalue weighted by atomic mass is 19.2. The molecule has 2 rings (SSSR count). The van der Waals surface area contributed by atoms with E-state index in [1.165, 1.54) is 0 Å². The summed E-state index contributed by atoms with van der Waals surface area (Å²) < 4.78 is 59.1. The van der Waals surface area contributed by atoms with Gasteiger partial charge in [0.05, 0.1) is 7.11 Å². The number of ether oxygens (including phenoxy) is 1. The Morgan fingerprint density at radius 2 is 1.74 bits per heavy atom. The van der Waals surface area contributed by atoms with Gasteiger partial charge in [-0.1, -0.05) is 0 Å². The summed E-state index contributed by atoms with van der Waals surface area (Å²) in [5, 5.41) is 2.74. The molecule has 0 aromatic heterocycles. The van der Waals surface area contributed by atoms with Gasteiger partial charge in [0, 0.05) is 11.6 Å². The van der Waals surface area contributed by atoms with E-state index in [4.69, 9.17) is 0 Å². The zero-order chi connectivity index (χ0) is 14.2. The number of nitrogens with one attached hydrogen (secondary N) is 1. The normalized spacial score (nSPS) is 18.7. The smallest absolute Gasteiger partial charge is 0.344 e. The predicted molar refractivity (Wildman–Crippen MR) is 57.6 cm³/mol. The molecule has 1 aliphatic heterocycles. The van der Waals surface area contributed by atoms with Gasteiger partial charge in [0.2, 0.25) is 0 Å². The van der Waals surface area contributed by atoms with Gasteiger partial charge in [-0.3, -0.25) is 0 Å². The highest BCUT2D eigenvalue weighted by Crippen LogP contribution is 2.32. The molecule has 0 radical (unpaired) electrons. The van der Waals surface area contributed by atoms with Crippen molar-refractivity contribution in [1.82, 2.24) is 5.32 Å². The zero-order valence-corrected chi connectivity index (χ0v) is 10.0. The molecule has 1 fully saturated rings. The van der Waals surface area contributed by atoms with Crippen molar-refractivity contribution < 1.29 is 27.1 Å². The van der Waals surface area contributed by atoms with Gasteiger partial charge in [0.15, 0.2) is 23.3 Å². The molecular formula is C12H11F4NO2. The Morgan fingerprint density at radius 1 is 1.16 bits per heavy atom. The molecule has 0 spiro atoms. The van der Waals surface area contributed by atoms with Crippen LogP contribution in [0.2, 0.25) is 0 Å². The maximum Gasteiger partial charge on any atom is 0.344 e. The molecule has 3 nitrogen and oxygen atoms in total.